The zero-order chi connectivity index (χ0) is 16.8. The van der Waals surface area contributed by atoms with Gasteiger partial charge >= 0.3 is 0 Å². The number of aryl methyl sites for hydroxylation is 1. The molecular weight excluding hydrogens is 300 g/mol. The number of sulfonamides is 1. The summed E-state index contributed by atoms with van der Waals surface area (Å²) in [6, 6.07) is 6.85. The number of nitrogens with zero attached hydrogens (tertiary/aromatic N) is 1. The fourth-order valence-electron chi connectivity index (χ4n) is 2.09. The van der Waals surface area contributed by atoms with Crippen LogP contribution in [0.5, 0.6) is 0 Å². The molecule has 0 saturated carbocycles. The van der Waals surface area contributed by atoms with E-state index in [2.05, 4.69) is 18.6 Å². The lowest BCUT2D eigenvalue weighted by molar-refractivity contribution is -0.128. The Hall–Kier alpha value is -1.40. The Kier molecular flexibility index (Phi) is 7.03. The minimum absolute atomic E-state index is 0.0317. The summed E-state index contributed by atoms with van der Waals surface area (Å²) in [6.07, 6.45) is 0.907. The van der Waals surface area contributed by atoms with E-state index in [1.165, 1.54) is 6.92 Å². The van der Waals surface area contributed by atoms with Gasteiger partial charge in [0.25, 0.3) is 0 Å². The molecule has 0 heterocycles. The maximum atomic E-state index is 12.3. The zero-order valence-corrected chi connectivity index (χ0v) is 14.6. The van der Waals surface area contributed by atoms with E-state index in [-0.39, 0.29) is 17.3 Å². The SMILES string of the molecule is CC(=O)N(CCNS(=O)(=O)c1ccccc1C)CCC(C)C. The van der Waals surface area contributed by atoms with Gasteiger partial charge < -0.3 is 4.90 Å². The molecule has 0 aliphatic carbocycles. The van der Waals surface area contributed by atoms with E-state index in [1.807, 2.05) is 0 Å². The molecule has 1 aromatic carbocycles. The fourth-order valence-corrected chi connectivity index (χ4v) is 3.36. The molecule has 0 spiro atoms. The maximum Gasteiger partial charge on any atom is 0.240 e. The Morgan fingerprint density at radius 1 is 1.23 bits per heavy atom. The number of carbonyl (C=O) groups is 1. The molecule has 124 valence electrons. The summed E-state index contributed by atoms with van der Waals surface area (Å²) < 4.78 is 27.1. The molecule has 1 rings (SSSR count). The molecule has 0 radical (unpaired) electrons. The molecule has 1 amide bonds. The van der Waals surface area contributed by atoms with E-state index in [4.69, 9.17) is 0 Å². The summed E-state index contributed by atoms with van der Waals surface area (Å²) in [5.74, 6) is 0.473. The van der Waals surface area contributed by atoms with Gasteiger partial charge in [0, 0.05) is 26.6 Å². The highest BCUT2D eigenvalue weighted by Crippen LogP contribution is 2.13. The zero-order valence-electron chi connectivity index (χ0n) is 13.8. The largest absolute Gasteiger partial charge is 0.342 e. The van der Waals surface area contributed by atoms with E-state index in [1.54, 1.807) is 36.1 Å². The molecule has 0 aliphatic rings. The van der Waals surface area contributed by atoms with Crippen molar-refractivity contribution in [3.05, 3.63) is 29.8 Å². The van der Waals surface area contributed by atoms with Gasteiger partial charge in [-0.1, -0.05) is 32.0 Å². The van der Waals surface area contributed by atoms with Crippen molar-refractivity contribution in [3.63, 3.8) is 0 Å². The number of amides is 1. The van der Waals surface area contributed by atoms with Crippen LogP contribution < -0.4 is 4.72 Å². The summed E-state index contributed by atoms with van der Waals surface area (Å²) in [4.78, 5) is 13.5. The Morgan fingerprint density at radius 3 is 2.41 bits per heavy atom. The van der Waals surface area contributed by atoms with Crippen LogP contribution in [0.4, 0.5) is 0 Å². The summed E-state index contributed by atoms with van der Waals surface area (Å²) in [7, 11) is -3.53. The summed E-state index contributed by atoms with van der Waals surface area (Å²) in [5, 5.41) is 0. The first-order valence-corrected chi connectivity index (χ1v) is 9.03. The summed E-state index contributed by atoms with van der Waals surface area (Å²) in [6.45, 7) is 8.72. The normalized spacial score (nSPS) is 11.7. The molecule has 0 fully saturated rings. The van der Waals surface area contributed by atoms with Gasteiger partial charge in [-0.05, 0) is 30.9 Å². The molecule has 5 nitrogen and oxygen atoms in total. The monoisotopic (exact) mass is 326 g/mol. The second kappa shape index (κ2) is 8.29. The van der Waals surface area contributed by atoms with Crippen molar-refractivity contribution in [3.8, 4) is 0 Å². The van der Waals surface area contributed by atoms with Crippen LogP contribution in [0.25, 0.3) is 0 Å². The first-order valence-electron chi connectivity index (χ1n) is 7.55. The van der Waals surface area contributed by atoms with Crippen LogP contribution >= 0.6 is 0 Å². The molecule has 0 atom stereocenters. The highest BCUT2D eigenvalue weighted by atomic mass is 32.2. The Bertz CT molecular complexity index is 597. The first-order chi connectivity index (χ1) is 10.2. The van der Waals surface area contributed by atoms with Crippen LogP contribution in [-0.4, -0.2) is 38.9 Å². The third-order valence-corrected chi connectivity index (χ3v) is 5.10. The lowest BCUT2D eigenvalue weighted by Crippen LogP contribution is -2.38. The van der Waals surface area contributed by atoms with Gasteiger partial charge in [0.2, 0.25) is 15.9 Å². The molecule has 0 unspecified atom stereocenters. The second-order valence-electron chi connectivity index (χ2n) is 5.85. The minimum Gasteiger partial charge on any atom is -0.342 e. The van der Waals surface area contributed by atoms with E-state index in [0.717, 1.165) is 6.42 Å². The Labute approximate surface area is 133 Å². The van der Waals surface area contributed by atoms with Crippen LogP contribution in [0.15, 0.2) is 29.2 Å². The topological polar surface area (TPSA) is 66.5 Å². The standard InChI is InChI=1S/C16H26N2O3S/c1-13(2)9-11-18(15(4)19)12-10-17-22(20,21)16-8-6-5-7-14(16)3/h5-8,13,17H,9-12H2,1-4H3. The Morgan fingerprint density at radius 2 is 1.86 bits per heavy atom. The number of nitrogens with one attached hydrogen (secondary N) is 1. The molecular formula is C16H26N2O3S. The molecule has 6 heteroatoms. The predicted octanol–water partition coefficient (Wildman–Crippen LogP) is 2.17. The third-order valence-electron chi connectivity index (χ3n) is 3.48. The average molecular weight is 326 g/mol. The van der Waals surface area contributed by atoms with Crippen LogP contribution in [0, 0.1) is 12.8 Å². The van der Waals surface area contributed by atoms with Crippen LogP contribution in [0.3, 0.4) is 0 Å². The molecule has 0 aliphatic heterocycles. The van der Waals surface area contributed by atoms with Crippen LogP contribution in [0.1, 0.15) is 32.8 Å². The van der Waals surface area contributed by atoms with Gasteiger partial charge in [-0.2, -0.15) is 0 Å². The number of hydrogen-bond donors (Lipinski definition) is 1. The first kappa shape index (κ1) is 18.6. The molecule has 1 N–H and O–H groups in total. The molecule has 0 aromatic heterocycles. The van der Waals surface area contributed by atoms with Crippen LogP contribution in [0.2, 0.25) is 0 Å². The predicted molar refractivity (Wildman–Crippen MR) is 88.1 cm³/mol. The van der Waals surface area contributed by atoms with E-state index in [0.29, 0.717) is 24.6 Å². The average Bonchev–Trinajstić information content (AvgIpc) is 2.42. The Balaban J connectivity index is 2.61. The van der Waals surface area contributed by atoms with Gasteiger partial charge in [-0.3, -0.25) is 4.79 Å². The van der Waals surface area contributed by atoms with E-state index >= 15 is 0 Å². The quantitative estimate of drug-likeness (QED) is 0.796. The smallest absolute Gasteiger partial charge is 0.240 e. The second-order valence-corrected chi connectivity index (χ2v) is 7.59. The molecule has 0 saturated heterocycles. The van der Waals surface area contributed by atoms with Gasteiger partial charge in [0.1, 0.15) is 0 Å². The fraction of sp³-hybridized carbons (Fsp3) is 0.562. The number of hydrogen-bond acceptors (Lipinski definition) is 3. The van der Waals surface area contributed by atoms with Crippen molar-refractivity contribution in [2.75, 3.05) is 19.6 Å². The highest BCUT2D eigenvalue weighted by Gasteiger charge is 2.17. The lowest BCUT2D eigenvalue weighted by Gasteiger charge is -2.22. The maximum absolute atomic E-state index is 12.3. The highest BCUT2D eigenvalue weighted by molar-refractivity contribution is 7.89. The minimum atomic E-state index is -3.53. The van der Waals surface area contributed by atoms with E-state index < -0.39 is 10.0 Å². The van der Waals surface area contributed by atoms with Crippen molar-refractivity contribution in [1.82, 2.24) is 9.62 Å². The van der Waals surface area contributed by atoms with Gasteiger partial charge in [-0.25, -0.2) is 13.1 Å². The summed E-state index contributed by atoms with van der Waals surface area (Å²) in [5.41, 5.74) is 0.707. The number of benzene rings is 1. The molecule has 1 aromatic rings. The van der Waals surface area contributed by atoms with E-state index in [9.17, 15) is 13.2 Å². The molecule has 22 heavy (non-hydrogen) atoms. The lowest BCUT2D eigenvalue weighted by atomic mass is 10.1. The van der Waals surface area contributed by atoms with Gasteiger partial charge in [0.05, 0.1) is 4.90 Å². The third kappa shape index (κ3) is 5.77. The van der Waals surface area contributed by atoms with Crippen molar-refractivity contribution in [1.29, 1.82) is 0 Å². The van der Waals surface area contributed by atoms with Gasteiger partial charge in [-0.15, -0.1) is 0 Å². The van der Waals surface area contributed by atoms with Crippen LogP contribution in [-0.2, 0) is 14.8 Å². The summed E-state index contributed by atoms with van der Waals surface area (Å²) >= 11 is 0. The van der Waals surface area contributed by atoms with Crippen molar-refractivity contribution in [2.45, 2.75) is 39.0 Å². The van der Waals surface area contributed by atoms with Crippen molar-refractivity contribution >= 4 is 15.9 Å². The van der Waals surface area contributed by atoms with Gasteiger partial charge in [0.15, 0.2) is 0 Å². The molecule has 0 bridgehead atoms. The number of carbonyl (C=O) groups excluding carboxylic acids is 1. The van der Waals surface area contributed by atoms with Crippen molar-refractivity contribution < 1.29 is 13.2 Å². The number of rotatable bonds is 8. The van der Waals surface area contributed by atoms with Crippen molar-refractivity contribution in [2.24, 2.45) is 5.92 Å².